The number of Topliss-reactive ketones (excluding diaryl/α,β-unsaturated/α-hetero) is 1. The number of rotatable bonds is 11. The second kappa shape index (κ2) is 12.8. The highest BCUT2D eigenvalue weighted by atomic mass is 32.2. The summed E-state index contributed by atoms with van der Waals surface area (Å²) in [4.78, 5) is 22.7. The fourth-order valence-corrected chi connectivity index (χ4v) is 7.94. The Hall–Kier alpha value is -4.80. The number of benzene rings is 2. The molecule has 5 aromatic rings. The zero-order chi connectivity index (χ0) is 35.9. The lowest BCUT2D eigenvalue weighted by molar-refractivity contribution is -0.120. The van der Waals surface area contributed by atoms with Crippen molar-refractivity contribution in [2.45, 2.75) is 63.2 Å². The number of anilines is 1. The molecule has 2 aliphatic carbocycles. The molecule has 1 saturated carbocycles. The monoisotopic (exact) mass is 733 g/mol. The van der Waals surface area contributed by atoms with E-state index in [1.807, 2.05) is 0 Å². The molecule has 1 unspecified atom stereocenters. The third-order valence-electron chi connectivity index (χ3n) is 9.17. The molecule has 0 spiro atoms. The van der Waals surface area contributed by atoms with Crippen LogP contribution in [0.4, 0.5) is 32.2 Å². The van der Waals surface area contributed by atoms with Crippen LogP contribution in [0.5, 0.6) is 0 Å². The van der Waals surface area contributed by atoms with E-state index >= 15 is 8.78 Å². The first kappa shape index (κ1) is 36.0. The average Bonchev–Trinajstić information content (AvgIpc) is 3.56. The zero-order valence-electron chi connectivity index (χ0n) is 26.5. The number of carbonyl (C=O) groups is 1. The summed E-state index contributed by atoms with van der Waals surface area (Å²) in [6.45, 7) is -0.762. The van der Waals surface area contributed by atoms with E-state index in [9.17, 15) is 30.8 Å². The molecule has 0 bridgehead atoms. The van der Waals surface area contributed by atoms with Gasteiger partial charge in [0, 0.05) is 54.1 Å². The van der Waals surface area contributed by atoms with Crippen LogP contribution in [0.1, 0.15) is 72.4 Å². The number of carbonyl (C=O) groups excluding carboxylic acids is 1. The summed E-state index contributed by atoms with van der Waals surface area (Å²) >= 11 is 0. The Bertz CT molecular complexity index is 2290. The van der Waals surface area contributed by atoms with Crippen LogP contribution in [0.25, 0.3) is 22.2 Å². The molecule has 7 rings (SSSR count). The van der Waals surface area contributed by atoms with Gasteiger partial charge in [0.25, 0.3) is 12.3 Å². The van der Waals surface area contributed by atoms with Gasteiger partial charge in [-0.2, -0.15) is 19.0 Å². The molecular formula is C34H33F6N7O3S. The van der Waals surface area contributed by atoms with Crippen LogP contribution < -0.4 is 5.73 Å². The first-order valence-electron chi connectivity index (χ1n) is 15.5. The topological polar surface area (TPSA) is 139 Å². The molecule has 0 amide bonds. The number of sulfone groups is 1. The minimum Gasteiger partial charge on any atom is -0.382 e. The number of hydrogen-bond donors (Lipinski definition) is 1. The number of ketones is 1. The molecule has 3 heterocycles. The molecular weight excluding hydrogens is 700 g/mol. The Kier molecular flexibility index (Phi) is 9.01. The van der Waals surface area contributed by atoms with Crippen molar-refractivity contribution in [3.05, 3.63) is 88.1 Å². The fourth-order valence-electron chi connectivity index (χ4n) is 7.23. The Morgan fingerprint density at radius 3 is 2.47 bits per heavy atom. The quantitative estimate of drug-likeness (QED) is 0.154. The second-order valence-electron chi connectivity index (χ2n) is 13.0. The maximum atomic E-state index is 15.2. The number of nitrogen functional groups attached to an aromatic ring is 1. The van der Waals surface area contributed by atoms with Crippen LogP contribution in [0.15, 0.2) is 42.6 Å². The third kappa shape index (κ3) is 6.58. The van der Waals surface area contributed by atoms with Crippen molar-refractivity contribution in [2.75, 3.05) is 12.0 Å². The standard InChI is InChI=1S/C33H29F6N7O3S.CH4/c1-45-30-20(24(43-45)14-50(2,48)49)4-3-5-21(30)28-27(41-12-25(40)42-28)16(6-15-7-17(34)10-18(35)8-15)9-19(47)13-46-31-26(29(44-46)32(36)37)22-11-23(22)33(31,38)39;/h3-5,7-8,10,12,16,22-23,32H,6,9,11,13-14H2,1-2H3,(H2,40,42);1H4/t16?,22-,23+;/m0./s1. The Morgan fingerprint density at radius 2 is 1.80 bits per heavy atom. The van der Waals surface area contributed by atoms with Gasteiger partial charge < -0.3 is 5.73 Å². The van der Waals surface area contributed by atoms with Crippen LogP contribution in [0, 0.1) is 17.6 Å². The van der Waals surface area contributed by atoms with Crippen LogP contribution in [0.2, 0.25) is 0 Å². The van der Waals surface area contributed by atoms with E-state index in [-0.39, 0.29) is 60.0 Å². The van der Waals surface area contributed by atoms with Crippen LogP contribution in [0.3, 0.4) is 0 Å². The van der Waals surface area contributed by atoms with Gasteiger partial charge in [-0.25, -0.2) is 31.0 Å². The number of nitrogens with zero attached hydrogens (tertiary/aromatic N) is 6. The summed E-state index contributed by atoms with van der Waals surface area (Å²) in [5, 5.41) is 8.64. The molecule has 2 aliphatic rings. The van der Waals surface area contributed by atoms with Crippen molar-refractivity contribution in [3.8, 4) is 11.3 Å². The summed E-state index contributed by atoms with van der Waals surface area (Å²) in [6, 6.07) is 7.82. The molecule has 3 aromatic heterocycles. The van der Waals surface area contributed by atoms with Gasteiger partial charge in [0.05, 0.1) is 34.5 Å². The van der Waals surface area contributed by atoms with E-state index in [0.717, 1.165) is 18.4 Å². The number of para-hydroxylation sites is 1. The summed E-state index contributed by atoms with van der Waals surface area (Å²) in [7, 11) is -1.87. The van der Waals surface area contributed by atoms with Gasteiger partial charge in [0.1, 0.15) is 35.4 Å². The largest absolute Gasteiger partial charge is 0.382 e. The summed E-state index contributed by atoms with van der Waals surface area (Å²) in [6.07, 6.45) is -1.38. The van der Waals surface area contributed by atoms with Gasteiger partial charge in [0.15, 0.2) is 15.6 Å². The van der Waals surface area contributed by atoms with E-state index < -0.39 is 81.7 Å². The lowest BCUT2D eigenvalue weighted by Gasteiger charge is -2.21. The second-order valence-corrected chi connectivity index (χ2v) is 15.1. The number of hydrogen-bond acceptors (Lipinski definition) is 8. The molecule has 10 nitrogen and oxygen atoms in total. The summed E-state index contributed by atoms with van der Waals surface area (Å²) < 4.78 is 113. The van der Waals surface area contributed by atoms with Crippen LogP contribution >= 0.6 is 0 Å². The maximum Gasteiger partial charge on any atom is 0.293 e. The van der Waals surface area contributed by atoms with Gasteiger partial charge in [0.2, 0.25) is 0 Å². The molecule has 2 aromatic carbocycles. The first-order valence-corrected chi connectivity index (χ1v) is 17.6. The van der Waals surface area contributed by atoms with E-state index in [4.69, 9.17) is 5.73 Å². The predicted molar refractivity (Wildman–Crippen MR) is 176 cm³/mol. The molecule has 1 fully saturated rings. The van der Waals surface area contributed by atoms with Crippen LogP contribution in [-0.2, 0) is 46.3 Å². The average molecular weight is 734 g/mol. The van der Waals surface area contributed by atoms with Crippen molar-refractivity contribution < 1.29 is 39.6 Å². The number of aryl methyl sites for hydroxylation is 1. The number of aromatic nitrogens is 6. The van der Waals surface area contributed by atoms with Gasteiger partial charge in [-0.3, -0.25) is 19.1 Å². The third-order valence-corrected chi connectivity index (χ3v) is 9.97. The molecule has 270 valence electrons. The number of halogens is 6. The Morgan fingerprint density at radius 1 is 1.10 bits per heavy atom. The minimum atomic E-state index is -3.48. The summed E-state index contributed by atoms with van der Waals surface area (Å²) in [5.74, 6) is -9.10. The van der Waals surface area contributed by atoms with Gasteiger partial charge in [-0.05, 0) is 36.5 Å². The maximum absolute atomic E-state index is 15.2. The summed E-state index contributed by atoms with van der Waals surface area (Å²) in [5.41, 5.74) is 5.99. The molecule has 51 heavy (non-hydrogen) atoms. The molecule has 0 saturated heterocycles. The first-order chi connectivity index (χ1) is 23.5. The van der Waals surface area contributed by atoms with Crippen LogP contribution in [-0.4, -0.2) is 50.0 Å². The van der Waals surface area contributed by atoms with Crippen molar-refractivity contribution in [3.63, 3.8) is 0 Å². The highest BCUT2D eigenvalue weighted by Crippen LogP contribution is 2.68. The number of fused-ring (bicyclic) bond motifs is 4. The normalized spacial score (nSPS) is 18.1. The number of alkyl halides is 4. The lowest BCUT2D eigenvalue weighted by atomic mass is 9.88. The SMILES string of the molecule is C.Cn1nc(CS(C)(=O)=O)c2cccc(-c3nc(N)cnc3C(CC(=O)Cn3nc(C(F)F)c4c3C(F)(F)[C@@H]3C[C@H]43)Cc3cc(F)cc(F)c3)c21. The molecule has 0 radical (unpaired) electrons. The van der Waals surface area contributed by atoms with Crippen molar-refractivity contribution >= 4 is 32.3 Å². The van der Waals surface area contributed by atoms with Crippen molar-refractivity contribution in [1.29, 1.82) is 0 Å². The van der Waals surface area contributed by atoms with Gasteiger partial charge >= 0.3 is 0 Å². The van der Waals surface area contributed by atoms with Crippen molar-refractivity contribution in [1.82, 2.24) is 29.5 Å². The Balaban J connectivity index is 0.00000448. The molecule has 17 heteroatoms. The fraction of sp³-hybridized carbons (Fsp3) is 0.382. The van der Waals surface area contributed by atoms with E-state index in [1.54, 1.807) is 25.2 Å². The van der Waals surface area contributed by atoms with E-state index in [2.05, 4.69) is 20.2 Å². The minimum absolute atomic E-state index is 0. The van der Waals surface area contributed by atoms with Gasteiger partial charge in [-0.1, -0.05) is 25.6 Å². The molecule has 0 aliphatic heterocycles. The number of nitrogens with two attached hydrogens (primary N) is 1. The highest BCUT2D eigenvalue weighted by Gasteiger charge is 2.67. The Labute approximate surface area is 288 Å². The lowest BCUT2D eigenvalue weighted by Crippen LogP contribution is -2.24. The predicted octanol–water partition coefficient (Wildman–Crippen LogP) is 6.40. The van der Waals surface area contributed by atoms with Crippen molar-refractivity contribution in [2.24, 2.45) is 13.0 Å². The highest BCUT2D eigenvalue weighted by molar-refractivity contribution is 7.89. The molecule has 2 N–H and O–H groups in total. The van der Waals surface area contributed by atoms with E-state index in [0.29, 0.717) is 27.2 Å². The zero-order valence-corrected chi connectivity index (χ0v) is 27.4. The van der Waals surface area contributed by atoms with Gasteiger partial charge in [-0.15, -0.1) is 0 Å². The molecule has 3 atom stereocenters. The smallest absolute Gasteiger partial charge is 0.293 e. The van der Waals surface area contributed by atoms with E-state index in [1.165, 1.54) is 10.9 Å².